The van der Waals surface area contributed by atoms with Gasteiger partial charge in [0.2, 0.25) is 0 Å². The molecule has 0 aromatic heterocycles. The molecule has 0 saturated heterocycles. The Morgan fingerprint density at radius 3 is 1.59 bits per heavy atom. The average molecular weight is 345 g/mol. The highest BCUT2D eigenvalue weighted by molar-refractivity contribution is 6.70. The summed E-state index contributed by atoms with van der Waals surface area (Å²) in [6.45, 7) is 20.4. The molecule has 0 amide bonds. The monoisotopic (exact) mass is 344 g/mol. The summed E-state index contributed by atoms with van der Waals surface area (Å²) in [7, 11) is -2.98. The van der Waals surface area contributed by atoms with Crippen LogP contribution in [0.25, 0.3) is 0 Å². The van der Waals surface area contributed by atoms with Crippen LogP contribution in [-0.4, -0.2) is 29.8 Å². The molecular weight excluding hydrogens is 304 g/mol. The SMILES string of the molecule is CC(C)CC(CO[Si](C)(C)C)(CO[Si](C)(C)C)C1CCCC1. The fraction of sp³-hybridized carbons (Fsp3) is 1.00. The van der Waals surface area contributed by atoms with Crippen molar-refractivity contribution in [1.29, 1.82) is 0 Å². The summed E-state index contributed by atoms with van der Waals surface area (Å²) in [5.41, 5.74) is 0.241. The lowest BCUT2D eigenvalue weighted by atomic mass is 9.70. The van der Waals surface area contributed by atoms with Gasteiger partial charge in [0.05, 0.1) is 0 Å². The molecule has 1 saturated carbocycles. The standard InChI is InChI=1S/C18H40O2Si2/c1-16(2)13-18(14-19-21(3,4)5,15-20-22(6,7)8)17-11-9-10-12-17/h16-17H,9-15H2,1-8H3. The zero-order chi connectivity index (χ0) is 17.0. The second-order valence-corrected chi connectivity index (χ2v) is 18.8. The van der Waals surface area contributed by atoms with Crippen LogP contribution in [-0.2, 0) is 8.85 Å². The van der Waals surface area contributed by atoms with Crippen LogP contribution in [0.15, 0.2) is 0 Å². The molecule has 0 unspecified atom stereocenters. The van der Waals surface area contributed by atoms with Gasteiger partial charge in [0, 0.05) is 18.6 Å². The van der Waals surface area contributed by atoms with Gasteiger partial charge in [-0.25, -0.2) is 0 Å². The van der Waals surface area contributed by atoms with Gasteiger partial charge in [0.1, 0.15) is 0 Å². The van der Waals surface area contributed by atoms with Crippen LogP contribution in [0, 0.1) is 17.3 Å². The summed E-state index contributed by atoms with van der Waals surface area (Å²) in [6, 6.07) is 0. The maximum Gasteiger partial charge on any atom is 0.183 e. The summed E-state index contributed by atoms with van der Waals surface area (Å²) < 4.78 is 12.9. The fourth-order valence-corrected chi connectivity index (χ4v) is 5.07. The van der Waals surface area contributed by atoms with Crippen LogP contribution in [0.1, 0.15) is 46.0 Å². The lowest BCUT2D eigenvalue weighted by Gasteiger charge is -2.43. The van der Waals surface area contributed by atoms with Gasteiger partial charge >= 0.3 is 0 Å². The largest absolute Gasteiger partial charge is 0.417 e. The molecule has 0 heterocycles. The smallest absolute Gasteiger partial charge is 0.183 e. The first-order valence-corrected chi connectivity index (χ1v) is 16.0. The van der Waals surface area contributed by atoms with Crippen molar-refractivity contribution in [2.45, 2.75) is 85.2 Å². The molecular formula is C18H40O2Si2. The first-order valence-electron chi connectivity index (χ1n) is 9.21. The Balaban J connectivity index is 2.94. The zero-order valence-corrected chi connectivity index (χ0v) is 18.4. The first kappa shape index (κ1) is 20.4. The van der Waals surface area contributed by atoms with Gasteiger partial charge in [-0.2, -0.15) is 0 Å². The summed E-state index contributed by atoms with van der Waals surface area (Å²) >= 11 is 0. The molecule has 0 atom stereocenters. The molecule has 1 aliphatic carbocycles. The molecule has 4 heteroatoms. The number of hydrogen-bond donors (Lipinski definition) is 0. The Morgan fingerprint density at radius 2 is 1.27 bits per heavy atom. The van der Waals surface area contributed by atoms with Gasteiger partial charge in [0.15, 0.2) is 16.6 Å². The number of rotatable bonds is 9. The number of hydrogen-bond acceptors (Lipinski definition) is 2. The quantitative estimate of drug-likeness (QED) is 0.484. The summed E-state index contributed by atoms with van der Waals surface area (Å²) in [5.74, 6) is 1.50. The Hall–Kier alpha value is 0.354. The third kappa shape index (κ3) is 7.28. The third-order valence-electron chi connectivity index (χ3n) is 4.62. The highest BCUT2D eigenvalue weighted by Crippen LogP contribution is 2.45. The van der Waals surface area contributed by atoms with Gasteiger partial charge in [-0.15, -0.1) is 0 Å². The zero-order valence-electron chi connectivity index (χ0n) is 16.4. The van der Waals surface area contributed by atoms with Crippen molar-refractivity contribution in [2.75, 3.05) is 13.2 Å². The minimum atomic E-state index is -1.49. The second-order valence-electron chi connectivity index (χ2n) is 9.74. The molecule has 0 aromatic carbocycles. The average Bonchev–Trinajstić information content (AvgIpc) is 2.84. The molecule has 0 bridgehead atoms. The second kappa shape index (κ2) is 7.95. The lowest BCUT2D eigenvalue weighted by Crippen LogP contribution is -2.45. The Morgan fingerprint density at radius 1 is 0.864 bits per heavy atom. The van der Waals surface area contributed by atoms with Crippen molar-refractivity contribution in [2.24, 2.45) is 17.3 Å². The van der Waals surface area contributed by atoms with E-state index in [2.05, 4.69) is 53.1 Å². The van der Waals surface area contributed by atoms with Crippen LogP contribution in [0.3, 0.4) is 0 Å². The minimum absolute atomic E-state index is 0.241. The molecule has 0 N–H and O–H groups in total. The van der Waals surface area contributed by atoms with E-state index in [-0.39, 0.29) is 5.41 Å². The van der Waals surface area contributed by atoms with Crippen molar-refractivity contribution in [1.82, 2.24) is 0 Å². The summed E-state index contributed by atoms with van der Waals surface area (Å²) in [5, 5.41) is 0. The van der Waals surface area contributed by atoms with Crippen LogP contribution in [0.5, 0.6) is 0 Å². The molecule has 0 spiro atoms. The topological polar surface area (TPSA) is 18.5 Å². The first-order chi connectivity index (χ1) is 9.94. The van der Waals surface area contributed by atoms with E-state index in [4.69, 9.17) is 8.85 Å². The molecule has 0 aliphatic heterocycles. The molecule has 132 valence electrons. The normalized spacial score (nSPS) is 18.4. The molecule has 2 nitrogen and oxygen atoms in total. The van der Waals surface area contributed by atoms with E-state index in [0.717, 1.165) is 19.1 Å². The highest BCUT2D eigenvalue weighted by atomic mass is 28.4. The Kier molecular flexibility index (Phi) is 7.37. The van der Waals surface area contributed by atoms with E-state index in [1.807, 2.05) is 0 Å². The Labute approximate surface area is 141 Å². The molecule has 0 aromatic rings. The predicted molar refractivity (Wildman–Crippen MR) is 102 cm³/mol. The summed E-state index contributed by atoms with van der Waals surface area (Å²) in [6.07, 6.45) is 6.77. The molecule has 1 fully saturated rings. The van der Waals surface area contributed by atoms with Crippen LogP contribution in [0.4, 0.5) is 0 Å². The Bertz CT molecular complexity index is 305. The van der Waals surface area contributed by atoms with E-state index in [1.54, 1.807) is 0 Å². The third-order valence-corrected chi connectivity index (χ3v) is 6.64. The van der Waals surface area contributed by atoms with E-state index in [9.17, 15) is 0 Å². The van der Waals surface area contributed by atoms with Crippen LogP contribution < -0.4 is 0 Å². The van der Waals surface area contributed by atoms with Crippen LogP contribution in [0.2, 0.25) is 39.3 Å². The van der Waals surface area contributed by atoms with Gasteiger partial charge in [-0.05, 0) is 70.4 Å². The van der Waals surface area contributed by atoms with Gasteiger partial charge < -0.3 is 8.85 Å². The lowest BCUT2D eigenvalue weighted by molar-refractivity contribution is 0.00211. The van der Waals surface area contributed by atoms with Crippen molar-refractivity contribution >= 4 is 16.6 Å². The molecule has 1 rings (SSSR count). The van der Waals surface area contributed by atoms with Gasteiger partial charge in [-0.1, -0.05) is 26.7 Å². The van der Waals surface area contributed by atoms with Crippen molar-refractivity contribution in [3.8, 4) is 0 Å². The van der Waals surface area contributed by atoms with E-state index in [1.165, 1.54) is 32.1 Å². The van der Waals surface area contributed by atoms with Crippen molar-refractivity contribution in [3.63, 3.8) is 0 Å². The summed E-state index contributed by atoms with van der Waals surface area (Å²) in [4.78, 5) is 0. The molecule has 0 radical (unpaired) electrons. The van der Waals surface area contributed by atoms with Gasteiger partial charge in [-0.3, -0.25) is 0 Å². The molecule has 1 aliphatic rings. The van der Waals surface area contributed by atoms with Crippen molar-refractivity contribution < 1.29 is 8.85 Å². The van der Waals surface area contributed by atoms with E-state index in [0.29, 0.717) is 5.92 Å². The fourth-order valence-electron chi connectivity index (χ4n) is 3.63. The van der Waals surface area contributed by atoms with E-state index < -0.39 is 16.6 Å². The molecule has 22 heavy (non-hydrogen) atoms. The van der Waals surface area contributed by atoms with Gasteiger partial charge in [0.25, 0.3) is 0 Å². The predicted octanol–water partition coefficient (Wildman–Crippen LogP) is 5.91. The minimum Gasteiger partial charge on any atom is -0.417 e. The maximum absolute atomic E-state index is 6.45. The van der Waals surface area contributed by atoms with Crippen LogP contribution >= 0.6 is 0 Å². The van der Waals surface area contributed by atoms with E-state index >= 15 is 0 Å². The highest BCUT2D eigenvalue weighted by Gasteiger charge is 2.42. The maximum atomic E-state index is 6.45. The van der Waals surface area contributed by atoms with Crippen molar-refractivity contribution in [3.05, 3.63) is 0 Å².